The first-order valence-electron chi connectivity index (χ1n) is 11.1. The molecule has 0 saturated carbocycles. The van der Waals surface area contributed by atoms with E-state index >= 15 is 0 Å². The zero-order chi connectivity index (χ0) is 26.9. The lowest BCUT2D eigenvalue weighted by Gasteiger charge is -2.17. The van der Waals surface area contributed by atoms with Crippen molar-refractivity contribution in [2.75, 3.05) is 0 Å². The Bertz CT molecular complexity index is 1510. The molecule has 37 heavy (non-hydrogen) atoms. The standard InChI is InChI=1S/C24H21F4N7O2/c1-13(2)34-20(12-30-33-34)15-9-16(11-29-10-15)35-21(36)8-7-19(32-35)23(37)31-14(3)17-5-4-6-18(22(17)25)24(26,27)28/h4-14H,1-3H3,(H,31,37)/t14-/m1/s1. The summed E-state index contributed by atoms with van der Waals surface area (Å²) in [5, 5.41) is 14.5. The van der Waals surface area contributed by atoms with Gasteiger partial charge in [-0.1, -0.05) is 17.3 Å². The lowest BCUT2D eigenvalue weighted by Crippen LogP contribution is -2.31. The van der Waals surface area contributed by atoms with Crippen molar-refractivity contribution >= 4 is 5.91 Å². The normalized spacial score (nSPS) is 12.5. The maximum absolute atomic E-state index is 14.5. The molecule has 13 heteroatoms. The summed E-state index contributed by atoms with van der Waals surface area (Å²) in [5.41, 5.74) is -1.02. The lowest BCUT2D eigenvalue weighted by molar-refractivity contribution is -0.140. The quantitative estimate of drug-likeness (QED) is 0.387. The van der Waals surface area contributed by atoms with Gasteiger partial charge in [-0.3, -0.25) is 14.6 Å². The molecule has 0 bridgehead atoms. The number of amides is 1. The third-order valence-corrected chi connectivity index (χ3v) is 5.51. The molecule has 1 N–H and O–H groups in total. The molecule has 0 aliphatic heterocycles. The van der Waals surface area contributed by atoms with Gasteiger partial charge in [0.25, 0.3) is 11.5 Å². The molecule has 0 fully saturated rings. The summed E-state index contributed by atoms with van der Waals surface area (Å²) < 4.78 is 56.3. The second-order valence-electron chi connectivity index (χ2n) is 8.46. The molecule has 4 rings (SSSR count). The molecule has 3 heterocycles. The van der Waals surface area contributed by atoms with Crippen LogP contribution in [0.2, 0.25) is 0 Å². The summed E-state index contributed by atoms with van der Waals surface area (Å²) in [6.07, 6.45) is -0.390. The van der Waals surface area contributed by atoms with E-state index in [4.69, 9.17) is 0 Å². The Kier molecular flexibility index (Phi) is 6.88. The van der Waals surface area contributed by atoms with Gasteiger partial charge < -0.3 is 5.32 Å². The van der Waals surface area contributed by atoms with E-state index in [1.54, 1.807) is 23.1 Å². The van der Waals surface area contributed by atoms with Crippen molar-refractivity contribution in [2.45, 2.75) is 39.0 Å². The van der Waals surface area contributed by atoms with Crippen molar-refractivity contribution in [1.29, 1.82) is 0 Å². The van der Waals surface area contributed by atoms with Gasteiger partial charge in [0, 0.05) is 29.4 Å². The number of halogens is 4. The number of pyridine rings is 1. The van der Waals surface area contributed by atoms with Crippen molar-refractivity contribution in [3.8, 4) is 16.9 Å². The Morgan fingerprint density at radius 1 is 1.05 bits per heavy atom. The Morgan fingerprint density at radius 2 is 1.81 bits per heavy atom. The van der Waals surface area contributed by atoms with Gasteiger partial charge in [0.1, 0.15) is 11.5 Å². The predicted molar refractivity (Wildman–Crippen MR) is 124 cm³/mol. The summed E-state index contributed by atoms with van der Waals surface area (Å²) >= 11 is 0. The van der Waals surface area contributed by atoms with Crippen molar-refractivity contribution in [2.24, 2.45) is 0 Å². The van der Waals surface area contributed by atoms with E-state index in [0.717, 1.165) is 22.9 Å². The molecule has 9 nitrogen and oxygen atoms in total. The predicted octanol–water partition coefficient (Wildman–Crippen LogP) is 4.12. The van der Waals surface area contributed by atoms with Crippen LogP contribution in [0.1, 0.15) is 54.5 Å². The number of nitrogens with one attached hydrogen (secondary N) is 1. The van der Waals surface area contributed by atoms with Crippen LogP contribution in [0.5, 0.6) is 0 Å². The number of rotatable bonds is 6. The van der Waals surface area contributed by atoms with Gasteiger partial charge in [-0.25, -0.2) is 9.07 Å². The highest BCUT2D eigenvalue weighted by atomic mass is 19.4. The number of nitrogens with zero attached hydrogens (tertiary/aromatic N) is 6. The van der Waals surface area contributed by atoms with Crippen LogP contribution in [0.4, 0.5) is 17.6 Å². The highest BCUT2D eigenvalue weighted by Crippen LogP contribution is 2.33. The van der Waals surface area contributed by atoms with Crippen LogP contribution in [0.15, 0.2) is 59.8 Å². The van der Waals surface area contributed by atoms with Crippen molar-refractivity contribution in [3.05, 3.63) is 88.0 Å². The van der Waals surface area contributed by atoms with Crippen LogP contribution in [-0.4, -0.2) is 35.7 Å². The molecule has 0 aliphatic rings. The summed E-state index contributed by atoms with van der Waals surface area (Å²) in [6, 6.07) is 5.63. The molecular formula is C24H21F4N7O2. The molecular weight excluding hydrogens is 494 g/mol. The maximum Gasteiger partial charge on any atom is 0.419 e. The van der Waals surface area contributed by atoms with E-state index in [2.05, 4.69) is 25.7 Å². The third-order valence-electron chi connectivity index (χ3n) is 5.51. The number of alkyl halides is 3. The van der Waals surface area contributed by atoms with Crippen LogP contribution >= 0.6 is 0 Å². The van der Waals surface area contributed by atoms with E-state index < -0.39 is 35.1 Å². The van der Waals surface area contributed by atoms with Gasteiger partial charge in [-0.05, 0) is 39.0 Å². The summed E-state index contributed by atoms with van der Waals surface area (Å²) in [6.45, 7) is 5.19. The molecule has 0 spiro atoms. The first-order chi connectivity index (χ1) is 17.5. The van der Waals surface area contributed by atoms with E-state index in [1.807, 2.05) is 13.8 Å². The summed E-state index contributed by atoms with van der Waals surface area (Å²) in [5.74, 6) is -2.29. The minimum absolute atomic E-state index is 0.0117. The zero-order valence-corrected chi connectivity index (χ0v) is 19.9. The first-order valence-corrected chi connectivity index (χ1v) is 11.1. The molecule has 1 aromatic carbocycles. The smallest absolute Gasteiger partial charge is 0.344 e. The second kappa shape index (κ2) is 9.91. The molecule has 0 unspecified atom stereocenters. The SMILES string of the molecule is CC(C)n1nncc1-c1cncc(-n2nc(C(=O)N[C@H](C)c3cccc(C(F)(F)F)c3F)ccc2=O)c1. The van der Waals surface area contributed by atoms with Gasteiger partial charge in [-0.15, -0.1) is 5.10 Å². The van der Waals surface area contributed by atoms with Crippen LogP contribution in [0.3, 0.4) is 0 Å². The molecule has 0 aliphatic carbocycles. The molecule has 192 valence electrons. The van der Waals surface area contributed by atoms with Crippen LogP contribution in [-0.2, 0) is 6.18 Å². The number of carbonyl (C=O) groups excluding carboxylic acids is 1. The second-order valence-corrected chi connectivity index (χ2v) is 8.46. The molecule has 1 amide bonds. The van der Waals surface area contributed by atoms with Gasteiger partial charge >= 0.3 is 6.18 Å². The van der Waals surface area contributed by atoms with Crippen molar-refractivity contribution in [1.82, 2.24) is 35.1 Å². The fourth-order valence-electron chi connectivity index (χ4n) is 3.68. The average molecular weight is 515 g/mol. The maximum atomic E-state index is 14.5. The topological polar surface area (TPSA) is 108 Å². The van der Waals surface area contributed by atoms with E-state index in [1.165, 1.54) is 19.2 Å². The number of benzene rings is 1. The average Bonchev–Trinajstić information content (AvgIpc) is 3.34. The Balaban J connectivity index is 1.63. The van der Waals surface area contributed by atoms with Crippen LogP contribution in [0, 0.1) is 5.82 Å². The van der Waals surface area contributed by atoms with Crippen molar-refractivity contribution in [3.63, 3.8) is 0 Å². The largest absolute Gasteiger partial charge is 0.419 e. The minimum Gasteiger partial charge on any atom is -0.344 e. The fourth-order valence-corrected chi connectivity index (χ4v) is 3.68. The highest BCUT2D eigenvalue weighted by Gasteiger charge is 2.35. The Labute approximate surface area is 207 Å². The van der Waals surface area contributed by atoms with Gasteiger partial charge in [-0.2, -0.15) is 23.0 Å². The minimum atomic E-state index is -4.88. The summed E-state index contributed by atoms with van der Waals surface area (Å²) in [4.78, 5) is 29.5. The Hall–Kier alpha value is -4.42. The van der Waals surface area contributed by atoms with E-state index in [0.29, 0.717) is 17.3 Å². The number of hydrogen-bond donors (Lipinski definition) is 1. The zero-order valence-electron chi connectivity index (χ0n) is 19.9. The number of hydrogen-bond acceptors (Lipinski definition) is 6. The summed E-state index contributed by atoms with van der Waals surface area (Å²) in [7, 11) is 0. The van der Waals surface area contributed by atoms with Crippen molar-refractivity contribution < 1.29 is 22.4 Å². The lowest BCUT2D eigenvalue weighted by atomic mass is 10.0. The van der Waals surface area contributed by atoms with E-state index in [9.17, 15) is 27.2 Å². The van der Waals surface area contributed by atoms with Crippen LogP contribution in [0.25, 0.3) is 16.9 Å². The molecule has 0 radical (unpaired) electrons. The molecule has 0 saturated heterocycles. The van der Waals surface area contributed by atoms with Gasteiger partial charge in [0.2, 0.25) is 0 Å². The highest BCUT2D eigenvalue weighted by molar-refractivity contribution is 5.92. The molecule has 4 aromatic rings. The third kappa shape index (κ3) is 5.25. The van der Waals surface area contributed by atoms with Gasteiger partial charge in [0.05, 0.1) is 35.4 Å². The van der Waals surface area contributed by atoms with Crippen LogP contribution < -0.4 is 10.9 Å². The fraction of sp³-hybridized carbons (Fsp3) is 0.250. The Morgan fingerprint density at radius 3 is 2.51 bits per heavy atom. The molecule has 1 atom stereocenters. The first kappa shape index (κ1) is 25.7. The molecule has 3 aromatic heterocycles. The van der Waals surface area contributed by atoms with Gasteiger partial charge in [0.15, 0.2) is 0 Å². The number of aromatic nitrogens is 6. The monoisotopic (exact) mass is 515 g/mol. The number of carbonyl (C=O) groups is 1. The van der Waals surface area contributed by atoms with E-state index in [-0.39, 0.29) is 23.0 Å².